The van der Waals surface area contributed by atoms with E-state index in [0.29, 0.717) is 0 Å². The first-order valence-corrected chi connectivity index (χ1v) is 4.42. The minimum absolute atomic E-state index is 0.377. The van der Waals surface area contributed by atoms with Crippen LogP contribution in [-0.2, 0) is 4.79 Å². The van der Waals surface area contributed by atoms with E-state index in [1.54, 1.807) is 0 Å². The Balaban J connectivity index is 2.75. The number of alkyl halides is 3. The summed E-state index contributed by atoms with van der Waals surface area (Å²) < 4.78 is 37.0. The topological polar surface area (TPSA) is 83.6 Å². The van der Waals surface area contributed by atoms with Crippen molar-refractivity contribution in [1.82, 2.24) is 0 Å². The normalized spacial score (nSPS) is 37.7. The van der Waals surface area contributed by atoms with Crippen LogP contribution in [0.15, 0.2) is 0 Å². The van der Waals surface area contributed by atoms with Crippen LogP contribution in [-0.4, -0.2) is 33.5 Å². The zero-order valence-electron chi connectivity index (χ0n) is 7.84. The quantitative estimate of drug-likeness (QED) is 0.613. The molecule has 88 valence electrons. The number of carbonyl (C=O) groups is 1. The van der Waals surface area contributed by atoms with E-state index in [9.17, 15) is 23.1 Å². The summed E-state index contributed by atoms with van der Waals surface area (Å²) in [4.78, 5) is 10.6. The predicted octanol–water partition coefficient (Wildman–Crippen LogP) is 0.636. The molecule has 0 amide bonds. The Bertz CT molecular complexity index is 269. The average Bonchev–Trinajstić information content (AvgIpc) is 2.08. The summed E-state index contributed by atoms with van der Waals surface area (Å²) in [5.74, 6) is -1.33. The van der Waals surface area contributed by atoms with Gasteiger partial charge in [-0.15, -0.1) is 0 Å². The van der Waals surface area contributed by atoms with Gasteiger partial charge in [-0.05, 0) is 25.7 Å². The Morgan fingerprint density at radius 3 is 1.87 bits per heavy atom. The van der Waals surface area contributed by atoms with Crippen molar-refractivity contribution in [3.05, 3.63) is 0 Å². The van der Waals surface area contributed by atoms with Crippen molar-refractivity contribution < 1.29 is 28.2 Å². The van der Waals surface area contributed by atoms with Gasteiger partial charge >= 0.3 is 12.1 Å². The molecule has 0 heterocycles. The third kappa shape index (κ3) is 2.07. The summed E-state index contributed by atoms with van der Waals surface area (Å²) in [5, 5.41) is 17.9. The molecule has 7 heteroatoms. The molecule has 4 N–H and O–H groups in total. The summed E-state index contributed by atoms with van der Waals surface area (Å²) in [5.41, 5.74) is 0.960. The molecule has 0 bridgehead atoms. The molecule has 0 atom stereocenters. The summed E-state index contributed by atoms with van der Waals surface area (Å²) in [7, 11) is 0. The summed E-state index contributed by atoms with van der Waals surface area (Å²) >= 11 is 0. The van der Waals surface area contributed by atoms with Crippen LogP contribution in [0.25, 0.3) is 0 Å². The van der Waals surface area contributed by atoms with Gasteiger partial charge in [0.05, 0.1) is 0 Å². The van der Waals surface area contributed by atoms with E-state index in [1.165, 1.54) is 0 Å². The lowest BCUT2D eigenvalue weighted by molar-refractivity contribution is -0.272. The van der Waals surface area contributed by atoms with E-state index in [1.807, 2.05) is 0 Å². The Morgan fingerprint density at radius 2 is 1.60 bits per heavy atom. The van der Waals surface area contributed by atoms with Crippen LogP contribution in [0, 0.1) is 0 Å². The average molecular weight is 227 g/mol. The first kappa shape index (κ1) is 12.3. The lowest BCUT2D eigenvalue weighted by atomic mass is 9.74. The lowest BCUT2D eigenvalue weighted by Gasteiger charge is -2.40. The Kier molecular flexibility index (Phi) is 2.73. The summed E-state index contributed by atoms with van der Waals surface area (Å²) in [6.45, 7) is 0. The van der Waals surface area contributed by atoms with Gasteiger partial charge in [0.2, 0.25) is 0 Å². The number of hydrogen-bond donors (Lipinski definition) is 3. The molecule has 0 unspecified atom stereocenters. The highest BCUT2D eigenvalue weighted by atomic mass is 19.4. The maximum Gasteiger partial charge on any atom is 0.417 e. The fraction of sp³-hybridized carbons (Fsp3) is 0.875. The minimum atomic E-state index is -4.73. The Hall–Kier alpha value is -0.820. The van der Waals surface area contributed by atoms with E-state index >= 15 is 0 Å². The van der Waals surface area contributed by atoms with E-state index < -0.39 is 36.1 Å². The summed E-state index contributed by atoms with van der Waals surface area (Å²) in [6, 6.07) is 0. The second-order valence-corrected chi connectivity index (χ2v) is 3.99. The molecular weight excluding hydrogens is 215 g/mol. The molecule has 1 fully saturated rings. The van der Waals surface area contributed by atoms with Gasteiger partial charge < -0.3 is 15.9 Å². The molecule has 1 aliphatic rings. The first-order chi connectivity index (χ1) is 6.61. The molecule has 15 heavy (non-hydrogen) atoms. The Morgan fingerprint density at radius 1 is 1.20 bits per heavy atom. The fourth-order valence-corrected chi connectivity index (χ4v) is 1.61. The van der Waals surface area contributed by atoms with Crippen LogP contribution >= 0.6 is 0 Å². The SMILES string of the molecule is NC1(C(=O)O)CCC(O)(C(F)(F)F)CC1. The second-order valence-electron chi connectivity index (χ2n) is 3.99. The van der Waals surface area contributed by atoms with Crippen LogP contribution in [0.4, 0.5) is 13.2 Å². The molecule has 0 aromatic rings. The van der Waals surface area contributed by atoms with Crippen LogP contribution in [0.1, 0.15) is 25.7 Å². The van der Waals surface area contributed by atoms with Crippen LogP contribution < -0.4 is 5.73 Å². The number of halogens is 3. The molecule has 0 spiro atoms. The first-order valence-electron chi connectivity index (χ1n) is 4.42. The van der Waals surface area contributed by atoms with Crippen LogP contribution in [0.2, 0.25) is 0 Å². The maximum atomic E-state index is 12.3. The van der Waals surface area contributed by atoms with Gasteiger partial charge in [-0.25, -0.2) is 0 Å². The number of hydrogen-bond acceptors (Lipinski definition) is 3. The highest BCUT2D eigenvalue weighted by Gasteiger charge is 2.57. The molecule has 0 radical (unpaired) electrons. The standard InChI is InChI=1S/C8H12F3NO3/c9-8(10,11)7(15)3-1-6(12,2-4-7)5(13)14/h15H,1-4,12H2,(H,13,14). The highest BCUT2D eigenvalue weighted by molar-refractivity contribution is 5.78. The molecule has 1 aliphatic carbocycles. The fourth-order valence-electron chi connectivity index (χ4n) is 1.61. The van der Waals surface area contributed by atoms with Crippen molar-refractivity contribution in [2.45, 2.75) is 43.0 Å². The second kappa shape index (κ2) is 3.34. The van der Waals surface area contributed by atoms with Crippen molar-refractivity contribution in [3.8, 4) is 0 Å². The van der Waals surface area contributed by atoms with Gasteiger partial charge in [0.15, 0.2) is 5.60 Å². The van der Waals surface area contributed by atoms with E-state index in [-0.39, 0.29) is 12.8 Å². The van der Waals surface area contributed by atoms with E-state index in [4.69, 9.17) is 10.8 Å². The molecule has 1 rings (SSSR count). The third-order valence-electron chi connectivity index (χ3n) is 2.92. The molecule has 0 aliphatic heterocycles. The van der Waals surface area contributed by atoms with Gasteiger partial charge in [-0.2, -0.15) is 13.2 Å². The lowest BCUT2D eigenvalue weighted by Crippen LogP contribution is -2.58. The molecular formula is C8H12F3NO3. The molecule has 4 nitrogen and oxygen atoms in total. The van der Waals surface area contributed by atoms with E-state index in [2.05, 4.69) is 0 Å². The van der Waals surface area contributed by atoms with Gasteiger partial charge in [-0.3, -0.25) is 4.79 Å². The van der Waals surface area contributed by atoms with Gasteiger partial charge in [0.25, 0.3) is 0 Å². The summed E-state index contributed by atoms with van der Waals surface area (Å²) in [6.07, 6.45) is -6.82. The number of nitrogens with two attached hydrogens (primary N) is 1. The molecule has 0 saturated heterocycles. The predicted molar refractivity (Wildman–Crippen MR) is 44.0 cm³/mol. The van der Waals surface area contributed by atoms with E-state index in [0.717, 1.165) is 0 Å². The number of aliphatic hydroxyl groups is 1. The zero-order valence-corrected chi connectivity index (χ0v) is 7.84. The molecule has 0 aromatic heterocycles. The van der Waals surface area contributed by atoms with Crippen LogP contribution in [0.3, 0.4) is 0 Å². The number of aliphatic carboxylic acids is 1. The molecule has 0 aromatic carbocycles. The van der Waals surface area contributed by atoms with Gasteiger partial charge in [0, 0.05) is 0 Å². The van der Waals surface area contributed by atoms with Crippen LogP contribution in [0.5, 0.6) is 0 Å². The Labute approximate surface area is 83.9 Å². The third-order valence-corrected chi connectivity index (χ3v) is 2.92. The van der Waals surface area contributed by atoms with Gasteiger partial charge in [0.1, 0.15) is 5.54 Å². The zero-order chi connectivity index (χ0) is 11.9. The number of rotatable bonds is 1. The van der Waals surface area contributed by atoms with Crippen molar-refractivity contribution in [2.24, 2.45) is 5.73 Å². The monoisotopic (exact) mass is 227 g/mol. The molecule has 1 saturated carbocycles. The maximum absolute atomic E-state index is 12.3. The number of carboxylic acids is 1. The van der Waals surface area contributed by atoms with Crippen molar-refractivity contribution in [1.29, 1.82) is 0 Å². The van der Waals surface area contributed by atoms with Gasteiger partial charge in [-0.1, -0.05) is 0 Å². The van der Waals surface area contributed by atoms with Crippen molar-refractivity contribution in [2.75, 3.05) is 0 Å². The van der Waals surface area contributed by atoms with Crippen molar-refractivity contribution >= 4 is 5.97 Å². The smallest absolute Gasteiger partial charge is 0.417 e. The number of carboxylic acid groups (broad SMARTS) is 1. The largest absolute Gasteiger partial charge is 0.480 e. The minimum Gasteiger partial charge on any atom is -0.480 e. The highest BCUT2D eigenvalue weighted by Crippen LogP contribution is 2.43. The van der Waals surface area contributed by atoms with Crippen molar-refractivity contribution in [3.63, 3.8) is 0 Å².